The van der Waals surface area contributed by atoms with E-state index in [1.54, 1.807) is 12.6 Å². The molecule has 4 fully saturated rings. The average molecular weight is 471 g/mol. The highest BCUT2D eigenvalue weighted by atomic mass is 16.3. The Balaban J connectivity index is 1.20. The maximum absolute atomic E-state index is 12.0. The molecule has 2 N–H and O–H groups in total. The molecule has 4 nitrogen and oxygen atoms in total. The first-order valence-corrected chi connectivity index (χ1v) is 14.6. The predicted molar refractivity (Wildman–Crippen MR) is 138 cm³/mol. The lowest BCUT2D eigenvalue weighted by molar-refractivity contribution is -0.125. The van der Waals surface area contributed by atoms with Gasteiger partial charge in [0, 0.05) is 13.0 Å². The number of allylic oxidation sites excluding steroid dienone is 1. The summed E-state index contributed by atoms with van der Waals surface area (Å²) in [5.74, 6) is 4.71. The first-order chi connectivity index (χ1) is 16.3. The Hall–Kier alpha value is -0.870. The summed E-state index contributed by atoms with van der Waals surface area (Å²) in [5, 5.41) is 13.1. The van der Waals surface area contributed by atoms with Crippen LogP contribution in [0.2, 0.25) is 0 Å². The van der Waals surface area contributed by atoms with E-state index < -0.39 is 0 Å². The van der Waals surface area contributed by atoms with Gasteiger partial charge in [-0.15, -0.1) is 0 Å². The van der Waals surface area contributed by atoms with Gasteiger partial charge in [-0.2, -0.15) is 0 Å². The molecule has 5 rings (SSSR count). The van der Waals surface area contributed by atoms with Gasteiger partial charge in [0.1, 0.15) is 0 Å². The third-order valence-electron chi connectivity index (χ3n) is 11.9. The van der Waals surface area contributed by atoms with E-state index in [4.69, 9.17) is 0 Å². The minimum atomic E-state index is -0.101. The van der Waals surface area contributed by atoms with Crippen molar-refractivity contribution in [1.82, 2.24) is 10.2 Å². The number of hydrogen-bond donors (Lipinski definition) is 2. The number of nitrogens with zero attached hydrogens (tertiary/aromatic N) is 1. The van der Waals surface area contributed by atoms with Crippen molar-refractivity contribution in [1.29, 1.82) is 0 Å². The molecular formula is C30H50N2O2. The quantitative estimate of drug-likeness (QED) is 0.528. The monoisotopic (exact) mass is 470 g/mol. The Morgan fingerprint density at radius 3 is 2.62 bits per heavy atom. The van der Waals surface area contributed by atoms with Gasteiger partial charge in [-0.05, 0) is 131 Å². The van der Waals surface area contributed by atoms with Crippen molar-refractivity contribution in [2.45, 2.75) is 97.5 Å². The largest absolute Gasteiger partial charge is 0.393 e. The van der Waals surface area contributed by atoms with Crippen molar-refractivity contribution < 1.29 is 9.90 Å². The lowest BCUT2D eigenvalue weighted by atomic mass is 9.47. The van der Waals surface area contributed by atoms with Gasteiger partial charge in [-0.25, -0.2) is 0 Å². The minimum absolute atomic E-state index is 0.101. The van der Waals surface area contributed by atoms with E-state index in [-0.39, 0.29) is 17.9 Å². The van der Waals surface area contributed by atoms with E-state index in [1.807, 2.05) is 0 Å². The summed E-state index contributed by atoms with van der Waals surface area (Å²) in [5.41, 5.74) is 2.47. The normalized spacial score (nSPS) is 43.9. The molecule has 0 aromatic carbocycles. The standard InChI is InChI=1S/C30H50N2O2/c1-20(11-16-32-17-12-21(13-18-32)28(34)31-4)25-7-8-26-24-6-5-22-19-23(33)9-14-29(22,2)27(24)10-15-30(25,26)3/h5,20-21,23-27,33H,6-19H2,1-4H3,(H,31,34)/t20-,23+,24+,25-,26+,27+,29+,30-/m1/s1. The average Bonchev–Trinajstić information content (AvgIpc) is 3.20. The molecule has 5 aliphatic rings. The van der Waals surface area contributed by atoms with Crippen LogP contribution in [0.3, 0.4) is 0 Å². The fourth-order valence-corrected chi connectivity index (χ4v) is 9.83. The summed E-state index contributed by atoms with van der Waals surface area (Å²) in [7, 11) is 1.77. The van der Waals surface area contributed by atoms with Crippen LogP contribution in [0.1, 0.15) is 91.4 Å². The number of carbonyl (C=O) groups is 1. The van der Waals surface area contributed by atoms with Crippen LogP contribution in [-0.4, -0.2) is 48.7 Å². The zero-order chi connectivity index (χ0) is 24.1. The number of piperidine rings is 1. The number of aliphatic hydroxyl groups excluding tert-OH is 1. The van der Waals surface area contributed by atoms with Crippen LogP contribution in [0.4, 0.5) is 0 Å². The van der Waals surface area contributed by atoms with Crippen molar-refractivity contribution >= 4 is 5.91 Å². The van der Waals surface area contributed by atoms with E-state index in [1.165, 1.54) is 51.5 Å². The molecule has 3 saturated carbocycles. The van der Waals surface area contributed by atoms with Crippen molar-refractivity contribution in [3.8, 4) is 0 Å². The maximum atomic E-state index is 12.0. The third-order valence-corrected chi connectivity index (χ3v) is 11.9. The molecule has 0 aromatic rings. The van der Waals surface area contributed by atoms with E-state index in [2.05, 4.69) is 37.1 Å². The lowest BCUT2D eigenvalue weighted by Gasteiger charge is -2.58. The number of nitrogens with one attached hydrogen (secondary N) is 1. The third kappa shape index (κ3) is 4.19. The van der Waals surface area contributed by atoms with Gasteiger partial charge in [0.2, 0.25) is 5.91 Å². The van der Waals surface area contributed by atoms with Crippen LogP contribution in [0.15, 0.2) is 11.6 Å². The molecule has 1 heterocycles. The van der Waals surface area contributed by atoms with Gasteiger partial charge < -0.3 is 15.3 Å². The highest BCUT2D eigenvalue weighted by molar-refractivity contribution is 5.78. The van der Waals surface area contributed by atoms with Crippen molar-refractivity contribution in [2.24, 2.45) is 46.3 Å². The second-order valence-electron chi connectivity index (χ2n) is 13.4. The van der Waals surface area contributed by atoms with Gasteiger partial charge in [0.05, 0.1) is 6.10 Å². The second kappa shape index (κ2) is 9.54. The van der Waals surface area contributed by atoms with Gasteiger partial charge in [-0.3, -0.25) is 4.79 Å². The molecule has 8 atom stereocenters. The summed E-state index contributed by atoms with van der Waals surface area (Å²) < 4.78 is 0. The zero-order valence-corrected chi connectivity index (χ0v) is 22.3. The molecular weight excluding hydrogens is 420 g/mol. The molecule has 0 unspecified atom stereocenters. The van der Waals surface area contributed by atoms with Crippen LogP contribution in [0.5, 0.6) is 0 Å². The maximum Gasteiger partial charge on any atom is 0.222 e. The summed E-state index contributed by atoms with van der Waals surface area (Å²) in [6.07, 6.45) is 15.9. The Kier molecular flexibility index (Phi) is 6.96. The topological polar surface area (TPSA) is 52.6 Å². The van der Waals surface area contributed by atoms with Crippen LogP contribution >= 0.6 is 0 Å². The second-order valence-corrected chi connectivity index (χ2v) is 13.4. The van der Waals surface area contributed by atoms with Crippen molar-refractivity contribution in [3.63, 3.8) is 0 Å². The van der Waals surface area contributed by atoms with E-state index in [9.17, 15) is 9.90 Å². The minimum Gasteiger partial charge on any atom is -0.393 e. The molecule has 0 aromatic heterocycles. The van der Waals surface area contributed by atoms with Crippen LogP contribution in [0, 0.1) is 46.3 Å². The van der Waals surface area contributed by atoms with Crippen LogP contribution in [-0.2, 0) is 4.79 Å². The van der Waals surface area contributed by atoms with Gasteiger partial charge in [0.15, 0.2) is 0 Å². The molecule has 1 amide bonds. The smallest absolute Gasteiger partial charge is 0.222 e. The highest BCUT2D eigenvalue weighted by Gasteiger charge is 2.59. The zero-order valence-electron chi connectivity index (χ0n) is 22.3. The number of rotatable bonds is 5. The van der Waals surface area contributed by atoms with E-state index in [0.717, 1.165) is 68.4 Å². The fourth-order valence-electron chi connectivity index (χ4n) is 9.83. The van der Waals surface area contributed by atoms with Crippen LogP contribution < -0.4 is 5.32 Å². The number of amides is 1. The first-order valence-electron chi connectivity index (χ1n) is 14.6. The molecule has 192 valence electrons. The SMILES string of the molecule is CNC(=O)C1CCN(CC[C@@H](C)[C@H]2CC[C@H]3[C@@H]4CC=C5C[C@@H](O)CC[C@]5(C)[C@H]4CC[C@]23C)CC1. The summed E-state index contributed by atoms with van der Waals surface area (Å²) in [6, 6.07) is 0. The van der Waals surface area contributed by atoms with Crippen molar-refractivity contribution in [3.05, 3.63) is 11.6 Å². The fraction of sp³-hybridized carbons (Fsp3) is 0.900. The molecule has 1 aliphatic heterocycles. The van der Waals surface area contributed by atoms with Gasteiger partial charge in [-0.1, -0.05) is 32.4 Å². The number of aliphatic hydroxyl groups is 1. The number of hydrogen-bond acceptors (Lipinski definition) is 3. The van der Waals surface area contributed by atoms with Gasteiger partial charge >= 0.3 is 0 Å². The molecule has 0 radical (unpaired) electrons. The van der Waals surface area contributed by atoms with Crippen molar-refractivity contribution in [2.75, 3.05) is 26.7 Å². The lowest BCUT2D eigenvalue weighted by Crippen LogP contribution is -2.51. The van der Waals surface area contributed by atoms with E-state index in [0.29, 0.717) is 10.8 Å². The van der Waals surface area contributed by atoms with E-state index >= 15 is 0 Å². The van der Waals surface area contributed by atoms with Gasteiger partial charge in [0.25, 0.3) is 0 Å². The summed E-state index contributed by atoms with van der Waals surface area (Å²) in [6.45, 7) is 11.1. The summed E-state index contributed by atoms with van der Waals surface area (Å²) in [4.78, 5) is 14.6. The Morgan fingerprint density at radius 2 is 1.88 bits per heavy atom. The number of fused-ring (bicyclic) bond motifs is 5. The molecule has 0 spiro atoms. The Bertz CT molecular complexity index is 787. The molecule has 4 aliphatic carbocycles. The molecule has 0 bridgehead atoms. The molecule has 34 heavy (non-hydrogen) atoms. The highest BCUT2D eigenvalue weighted by Crippen LogP contribution is 2.67. The number of likely N-dealkylation sites (tertiary alicyclic amines) is 1. The van der Waals surface area contributed by atoms with Crippen LogP contribution in [0.25, 0.3) is 0 Å². The first kappa shape index (κ1) is 24.8. The Morgan fingerprint density at radius 1 is 1.12 bits per heavy atom. The summed E-state index contributed by atoms with van der Waals surface area (Å²) >= 11 is 0. The number of carbonyl (C=O) groups excluding carboxylic acids is 1. The predicted octanol–water partition coefficient (Wildman–Crippen LogP) is 5.41. The Labute approximate surface area is 208 Å². The molecule has 4 heteroatoms. The molecule has 1 saturated heterocycles.